The molecule has 0 radical (unpaired) electrons. The van der Waals surface area contributed by atoms with E-state index >= 15 is 0 Å². The number of nitrogens with one attached hydrogen (secondary N) is 1. The van der Waals surface area contributed by atoms with Crippen molar-refractivity contribution in [2.75, 3.05) is 13.1 Å². The Morgan fingerprint density at radius 1 is 1.45 bits per heavy atom. The van der Waals surface area contributed by atoms with E-state index in [-0.39, 0.29) is 0 Å². The van der Waals surface area contributed by atoms with Crippen molar-refractivity contribution in [3.8, 4) is 0 Å². The van der Waals surface area contributed by atoms with Gasteiger partial charge < -0.3 is 5.32 Å². The average molecular weight is 279 g/mol. The van der Waals surface area contributed by atoms with Gasteiger partial charge in [0.05, 0.1) is 6.54 Å². The lowest BCUT2D eigenvalue weighted by molar-refractivity contribution is 0.176. The van der Waals surface area contributed by atoms with Crippen molar-refractivity contribution < 1.29 is 0 Å². The van der Waals surface area contributed by atoms with Crippen LogP contribution < -0.4 is 5.32 Å². The molecular weight excluding hydrogens is 250 g/mol. The minimum absolute atomic E-state index is 0.572. The number of hydrogen-bond acceptors (Lipinski definition) is 4. The minimum atomic E-state index is 0.572. The van der Waals surface area contributed by atoms with Crippen LogP contribution in [-0.4, -0.2) is 44.8 Å². The van der Waals surface area contributed by atoms with Gasteiger partial charge in [-0.05, 0) is 32.2 Å². The molecule has 2 unspecified atom stereocenters. The van der Waals surface area contributed by atoms with Gasteiger partial charge in [0.1, 0.15) is 12.2 Å². The predicted octanol–water partition coefficient (Wildman–Crippen LogP) is 1.90. The van der Waals surface area contributed by atoms with Crippen LogP contribution in [0.1, 0.15) is 46.4 Å². The van der Waals surface area contributed by atoms with Crippen LogP contribution in [0.4, 0.5) is 0 Å². The monoisotopic (exact) mass is 279 g/mol. The van der Waals surface area contributed by atoms with Crippen molar-refractivity contribution >= 4 is 0 Å². The largest absolute Gasteiger partial charge is 0.312 e. The fourth-order valence-corrected chi connectivity index (χ4v) is 2.82. The molecule has 1 aliphatic heterocycles. The number of rotatable bonds is 5. The van der Waals surface area contributed by atoms with Gasteiger partial charge in [0.15, 0.2) is 0 Å². The average Bonchev–Trinajstić information content (AvgIpc) is 2.74. The maximum absolute atomic E-state index is 4.45. The van der Waals surface area contributed by atoms with Crippen molar-refractivity contribution in [1.29, 1.82) is 0 Å². The summed E-state index contributed by atoms with van der Waals surface area (Å²) in [5, 5.41) is 8.01. The van der Waals surface area contributed by atoms with Crippen LogP contribution >= 0.6 is 0 Å². The number of hydrogen-bond donors (Lipinski definition) is 1. The van der Waals surface area contributed by atoms with Crippen molar-refractivity contribution in [1.82, 2.24) is 25.0 Å². The highest BCUT2D eigenvalue weighted by Crippen LogP contribution is 2.16. The van der Waals surface area contributed by atoms with E-state index in [1.54, 1.807) is 6.33 Å². The van der Waals surface area contributed by atoms with Gasteiger partial charge in [-0.2, -0.15) is 5.10 Å². The van der Waals surface area contributed by atoms with Crippen molar-refractivity contribution in [3.05, 3.63) is 12.2 Å². The predicted molar refractivity (Wildman–Crippen MR) is 81.4 cm³/mol. The van der Waals surface area contributed by atoms with E-state index in [9.17, 15) is 0 Å². The molecule has 2 heterocycles. The van der Waals surface area contributed by atoms with Gasteiger partial charge in [0.25, 0.3) is 0 Å². The normalized spacial score (nSPS) is 25.1. The molecule has 5 nitrogen and oxygen atoms in total. The van der Waals surface area contributed by atoms with Crippen molar-refractivity contribution in [2.45, 2.75) is 65.7 Å². The number of aryl methyl sites for hydroxylation is 1. The molecule has 0 bridgehead atoms. The summed E-state index contributed by atoms with van der Waals surface area (Å²) in [5.41, 5.74) is 0. The third-order valence-electron chi connectivity index (χ3n) is 4.30. The molecule has 2 atom stereocenters. The lowest BCUT2D eigenvalue weighted by Gasteiger charge is -2.30. The lowest BCUT2D eigenvalue weighted by atomic mass is 10.0. The molecule has 0 spiro atoms. The maximum atomic E-state index is 4.45. The summed E-state index contributed by atoms with van der Waals surface area (Å²) in [7, 11) is 0. The molecule has 0 saturated carbocycles. The Morgan fingerprint density at radius 2 is 2.25 bits per heavy atom. The van der Waals surface area contributed by atoms with Crippen LogP contribution in [0.5, 0.6) is 0 Å². The Morgan fingerprint density at radius 3 is 2.95 bits per heavy atom. The highest BCUT2D eigenvalue weighted by molar-refractivity contribution is 4.89. The van der Waals surface area contributed by atoms with E-state index in [1.165, 1.54) is 6.42 Å². The van der Waals surface area contributed by atoms with Crippen LogP contribution in [0.25, 0.3) is 0 Å². The summed E-state index contributed by atoms with van der Waals surface area (Å²) in [6.45, 7) is 13.2. The van der Waals surface area contributed by atoms with Crippen LogP contribution in [0.15, 0.2) is 6.33 Å². The van der Waals surface area contributed by atoms with E-state index in [0.29, 0.717) is 18.0 Å². The highest BCUT2D eigenvalue weighted by atomic mass is 15.4. The molecule has 1 saturated heterocycles. The second kappa shape index (κ2) is 7.18. The summed E-state index contributed by atoms with van der Waals surface area (Å²) >= 11 is 0. The van der Waals surface area contributed by atoms with Gasteiger partial charge in [0, 0.05) is 25.2 Å². The fourth-order valence-electron chi connectivity index (χ4n) is 2.82. The Bertz CT molecular complexity index is 401. The number of aromatic nitrogens is 3. The topological polar surface area (TPSA) is 46.0 Å². The molecule has 20 heavy (non-hydrogen) atoms. The Balaban J connectivity index is 2.06. The van der Waals surface area contributed by atoms with E-state index in [0.717, 1.165) is 38.4 Å². The minimum Gasteiger partial charge on any atom is -0.312 e. The molecule has 1 N–H and O–H groups in total. The molecule has 2 rings (SSSR count). The van der Waals surface area contributed by atoms with Gasteiger partial charge in [-0.15, -0.1) is 0 Å². The van der Waals surface area contributed by atoms with E-state index in [2.05, 4.69) is 52.7 Å². The smallest absolute Gasteiger partial charge is 0.141 e. The first kappa shape index (κ1) is 15.4. The van der Waals surface area contributed by atoms with Crippen molar-refractivity contribution in [3.63, 3.8) is 0 Å². The molecule has 1 aliphatic rings. The van der Waals surface area contributed by atoms with Crippen LogP contribution in [0.3, 0.4) is 0 Å². The SMILES string of the molecule is CCCn1ncnc1CN1CC(C(C)C)NCCC1C. The summed E-state index contributed by atoms with van der Waals surface area (Å²) in [5.74, 6) is 1.76. The second-order valence-electron chi connectivity index (χ2n) is 6.27. The van der Waals surface area contributed by atoms with Gasteiger partial charge in [0.2, 0.25) is 0 Å². The first-order valence-electron chi connectivity index (χ1n) is 7.96. The summed E-state index contributed by atoms with van der Waals surface area (Å²) in [4.78, 5) is 7.01. The molecule has 5 heteroatoms. The van der Waals surface area contributed by atoms with E-state index in [4.69, 9.17) is 0 Å². The van der Waals surface area contributed by atoms with Gasteiger partial charge in [-0.1, -0.05) is 20.8 Å². The summed E-state index contributed by atoms with van der Waals surface area (Å²) in [6.07, 6.45) is 3.99. The zero-order valence-corrected chi connectivity index (χ0v) is 13.3. The molecule has 0 aromatic carbocycles. The van der Waals surface area contributed by atoms with Gasteiger partial charge in [-0.25, -0.2) is 9.67 Å². The molecular formula is C15H29N5. The first-order valence-corrected chi connectivity index (χ1v) is 7.96. The third kappa shape index (κ3) is 3.79. The van der Waals surface area contributed by atoms with Gasteiger partial charge in [-0.3, -0.25) is 4.90 Å². The fraction of sp³-hybridized carbons (Fsp3) is 0.867. The summed E-state index contributed by atoms with van der Waals surface area (Å²) < 4.78 is 2.05. The number of nitrogens with zero attached hydrogens (tertiary/aromatic N) is 4. The van der Waals surface area contributed by atoms with Crippen LogP contribution in [-0.2, 0) is 13.1 Å². The Kier molecular flexibility index (Phi) is 5.54. The molecule has 1 aromatic rings. The molecule has 0 aliphatic carbocycles. The zero-order chi connectivity index (χ0) is 14.5. The zero-order valence-electron chi connectivity index (χ0n) is 13.3. The summed E-state index contributed by atoms with van der Waals surface area (Å²) in [6, 6.07) is 1.17. The van der Waals surface area contributed by atoms with Crippen LogP contribution in [0.2, 0.25) is 0 Å². The standard InChI is InChI=1S/C15H29N5/c1-5-8-20-15(17-11-18-20)10-19-9-14(12(2)3)16-7-6-13(19)4/h11-14,16H,5-10H2,1-4H3. The molecule has 1 fully saturated rings. The van der Waals surface area contributed by atoms with Crippen LogP contribution in [0, 0.1) is 5.92 Å². The third-order valence-corrected chi connectivity index (χ3v) is 4.30. The van der Waals surface area contributed by atoms with Crippen molar-refractivity contribution in [2.24, 2.45) is 5.92 Å². The quantitative estimate of drug-likeness (QED) is 0.894. The van der Waals surface area contributed by atoms with E-state index in [1.807, 2.05) is 0 Å². The molecule has 114 valence electrons. The molecule has 1 aromatic heterocycles. The Labute approximate surface area is 122 Å². The lowest BCUT2D eigenvalue weighted by Crippen LogP contribution is -2.43. The molecule has 0 amide bonds. The maximum Gasteiger partial charge on any atom is 0.141 e. The first-order chi connectivity index (χ1) is 9.61. The second-order valence-corrected chi connectivity index (χ2v) is 6.27. The van der Waals surface area contributed by atoms with Gasteiger partial charge >= 0.3 is 0 Å². The highest BCUT2D eigenvalue weighted by Gasteiger charge is 2.25. The van der Waals surface area contributed by atoms with E-state index < -0.39 is 0 Å². The Hall–Kier alpha value is -0.940.